The first-order valence-electron chi connectivity index (χ1n) is 13.2. The largest absolute Gasteiger partial charge is 0.477 e. The number of imidazole rings is 1. The maximum Gasteiger partial charge on any atom is 0.347 e. The highest BCUT2D eigenvalue weighted by Crippen LogP contribution is 2.41. The summed E-state index contributed by atoms with van der Waals surface area (Å²) in [6.07, 6.45) is 3.68. The van der Waals surface area contributed by atoms with Crippen LogP contribution in [-0.2, 0) is 25.6 Å². The van der Waals surface area contributed by atoms with Gasteiger partial charge in [0, 0.05) is 6.54 Å². The number of carboxylic acid groups (broad SMARTS) is 1. The molecule has 15 heteroatoms. The Bertz CT molecular complexity index is 1590. The topological polar surface area (TPSA) is 172 Å². The maximum atomic E-state index is 12.1. The highest BCUT2D eigenvalue weighted by Gasteiger charge is 2.53. The predicted octanol–water partition coefficient (Wildman–Crippen LogP) is 3.06. The second kappa shape index (κ2) is 12.3. The molecule has 2 saturated heterocycles. The number of fused-ring (bicyclic) bond motifs is 2. The fourth-order valence-electron chi connectivity index (χ4n) is 4.82. The molecule has 3 aromatic heterocycles. The molecule has 5 heterocycles. The number of nitrogens with zero attached hydrogens (tertiary/aromatic N) is 5. The highest BCUT2D eigenvalue weighted by molar-refractivity contribution is 7.11. The summed E-state index contributed by atoms with van der Waals surface area (Å²) in [6.45, 7) is 2.36. The Morgan fingerprint density at radius 1 is 1.12 bits per heavy atom. The fourth-order valence-corrected chi connectivity index (χ4v) is 5.46. The number of amides is 2. The summed E-state index contributed by atoms with van der Waals surface area (Å²) < 4.78 is 26.5. The molecule has 5 atom stereocenters. The minimum absolute atomic E-state index is 0.00132. The van der Waals surface area contributed by atoms with E-state index in [0.29, 0.717) is 23.4 Å². The molecule has 1 aromatic carbocycles. The van der Waals surface area contributed by atoms with Crippen LogP contribution in [0.25, 0.3) is 17.2 Å². The van der Waals surface area contributed by atoms with Crippen molar-refractivity contribution in [2.45, 2.75) is 44.4 Å². The van der Waals surface area contributed by atoms with Crippen molar-refractivity contribution in [2.24, 2.45) is 0 Å². The minimum atomic E-state index is -1.05. The van der Waals surface area contributed by atoms with Crippen LogP contribution in [0.1, 0.15) is 34.1 Å². The second-order valence-electron chi connectivity index (χ2n) is 9.38. The molecular weight excluding hydrogens is 566 g/mol. The molecule has 42 heavy (non-hydrogen) atoms. The van der Waals surface area contributed by atoms with Crippen LogP contribution < -0.4 is 10.6 Å². The molecule has 2 amide bonds. The molecule has 218 valence electrons. The molecule has 14 nitrogen and oxygen atoms in total. The number of thiazole rings is 1. The van der Waals surface area contributed by atoms with E-state index in [1.165, 1.54) is 11.8 Å². The van der Waals surface area contributed by atoms with Crippen molar-refractivity contribution in [1.82, 2.24) is 29.8 Å². The van der Waals surface area contributed by atoms with Crippen LogP contribution in [0.4, 0.5) is 10.6 Å². The van der Waals surface area contributed by atoms with E-state index in [1.54, 1.807) is 10.9 Å². The Morgan fingerprint density at radius 2 is 1.95 bits per heavy atom. The van der Waals surface area contributed by atoms with Crippen LogP contribution in [0, 0.1) is 0 Å². The molecule has 0 radical (unpaired) electrons. The van der Waals surface area contributed by atoms with Gasteiger partial charge in [0.25, 0.3) is 0 Å². The molecule has 6 rings (SSSR count). The number of hydrogen-bond acceptors (Lipinski definition) is 11. The number of nitrogens with one attached hydrogen (secondary N) is 2. The lowest BCUT2D eigenvalue weighted by Gasteiger charge is -2.20. The molecule has 0 bridgehead atoms. The molecule has 4 aromatic rings. The molecule has 0 saturated carbocycles. The lowest BCUT2D eigenvalue weighted by molar-refractivity contribution is -0.139. The summed E-state index contributed by atoms with van der Waals surface area (Å²) in [5.74, 6) is -0.798. The summed E-state index contributed by atoms with van der Waals surface area (Å²) in [6, 6.07) is 9.37. The van der Waals surface area contributed by atoms with Gasteiger partial charge >= 0.3 is 12.0 Å². The van der Waals surface area contributed by atoms with Crippen molar-refractivity contribution in [2.75, 3.05) is 18.5 Å². The van der Waals surface area contributed by atoms with Gasteiger partial charge in [0.05, 0.1) is 30.7 Å². The van der Waals surface area contributed by atoms with Crippen LogP contribution in [-0.4, -0.2) is 79.4 Å². The van der Waals surface area contributed by atoms with Gasteiger partial charge in [-0.25, -0.2) is 29.5 Å². The van der Waals surface area contributed by atoms with Crippen LogP contribution >= 0.6 is 11.3 Å². The highest BCUT2D eigenvalue weighted by atomic mass is 32.1. The number of ether oxygens (including phenoxy) is 4. The smallest absolute Gasteiger partial charge is 0.347 e. The molecule has 4 unspecified atom stereocenters. The van der Waals surface area contributed by atoms with Crippen molar-refractivity contribution < 1.29 is 33.6 Å². The third kappa shape index (κ3) is 5.73. The Labute approximate surface area is 243 Å². The number of aromatic carboxylic acids is 1. The van der Waals surface area contributed by atoms with Gasteiger partial charge < -0.3 is 29.4 Å². The van der Waals surface area contributed by atoms with E-state index in [9.17, 15) is 14.7 Å². The van der Waals surface area contributed by atoms with E-state index >= 15 is 0 Å². The van der Waals surface area contributed by atoms with Gasteiger partial charge in [-0.15, -0.1) is 11.3 Å². The number of rotatable bonds is 10. The lowest BCUT2D eigenvalue weighted by atomic mass is 10.1. The van der Waals surface area contributed by atoms with Crippen LogP contribution in [0.2, 0.25) is 0 Å². The number of anilines is 1. The van der Waals surface area contributed by atoms with Gasteiger partial charge in [-0.2, -0.15) is 0 Å². The van der Waals surface area contributed by atoms with Gasteiger partial charge in [-0.05, 0) is 18.6 Å². The quantitative estimate of drug-likeness (QED) is 0.247. The van der Waals surface area contributed by atoms with Crippen molar-refractivity contribution in [3.63, 3.8) is 0 Å². The number of carboxylic acids is 1. The number of hydrogen-bond donors (Lipinski definition) is 3. The Hall–Kier alpha value is -4.28. The fraction of sp³-hybridized carbons (Fsp3) is 0.333. The standard InChI is InChI=1S/C27H27N7O7S/c1-2-28-27(37)33-23-19-24(30-12-29-23)34(13-31-19)25-21-20(40-18(41-21)9-8-15-6-4-3-5-7-15)17(39-25)11-38-10-16-22(26(35)36)42-14-32-16/h3-9,12-14,17-18,20-21,25H,2,10-11H2,1H3,(H,35,36)(H2,28,29,30,33,37)/t17?,18-,20?,21?,25?/m0/s1. The van der Waals surface area contributed by atoms with Crippen molar-refractivity contribution in [3.05, 3.63) is 70.7 Å². The average Bonchev–Trinajstić information content (AvgIpc) is 3.77. The summed E-state index contributed by atoms with van der Waals surface area (Å²) in [5.41, 5.74) is 3.63. The van der Waals surface area contributed by atoms with Gasteiger partial charge in [0.1, 0.15) is 29.5 Å². The summed E-state index contributed by atoms with van der Waals surface area (Å²) in [4.78, 5) is 40.8. The predicted molar refractivity (Wildman–Crippen MR) is 150 cm³/mol. The van der Waals surface area contributed by atoms with E-state index < -0.39 is 42.8 Å². The first kappa shape index (κ1) is 27.9. The number of benzene rings is 1. The third-order valence-electron chi connectivity index (χ3n) is 6.67. The minimum Gasteiger partial charge on any atom is -0.477 e. The zero-order valence-electron chi connectivity index (χ0n) is 22.3. The Balaban J connectivity index is 1.23. The number of aromatic nitrogens is 5. The van der Waals surface area contributed by atoms with Gasteiger partial charge in [0.15, 0.2) is 29.5 Å². The third-order valence-corrected chi connectivity index (χ3v) is 7.53. The monoisotopic (exact) mass is 593 g/mol. The maximum absolute atomic E-state index is 12.1. The van der Waals surface area contributed by atoms with Gasteiger partial charge in [0.2, 0.25) is 0 Å². The summed E-state index contributed by atoms with van der Waals surface area (Å²) in [5, 5.41) is 14.7. The average molecular weight is 594 g/mol. The van der Waals surface area contributed by atoms with Crippen molar-refractivity contribution in [3.8, 4) is 0 Å². The first-order valence-corrected chi connectivity index (χ1v) is 14.0. The van der Waals surface area contributed by atoms with Gasteiger partial charge in [-0.3, -0.25) is 9.88 Å². The summed E-state index contributed by atoms with van der Waals surface area (Å²) >= 11 is 1.04. The zero-order valence-corrected chi connectivity index (χ0v) is 23.1. The lowest BCUT2D eigenvalue weighted by Crippen LogP contribution is -2.32. The molecule has 0 aliphatic carbocycles. The zero-order chi connectivity index (χ0) is 29.1. The van der Waals surface area contributed by atoms with Crippen LogP contribution in [0.5, 0.6) is 0 Å². The number of urea groups is 1. The van der Waals surface area contributed by atoms with Crippen molar-refractivity contribution in [1.29, 1.82) is 0 Å². The molecule has 3 N–H and O–H groups in total. The second-order valence-corrected chi connectivity index (χ2v) is 10.2. The molecule has 2 fully saturated rings. The molecule has 0 spiro atoms. The summed E-state index contributed by atoms with van der Waals surface area (Å²) in [7, 11) is 0. The van der Waals surface area contributed by atoms with Gasteiger partial charge in [-0.1, -0.05) is 36.4 Å². The Morgan fingerprint density at radius 3 is 2.76 bits per heavy atom. The van der Waals surface area contributed by atoms with Crippen molar-refractivity contribution >= 4 is 46.4 Å². The van der Waals surface area contributed by atoms with E-state index in [4.69, 9.17) is 18.9 Å². The molecule has 2 aliphatic heterocycles. The SMILES string of the molecule is CCNC(=O)Nc1ncnc2c1ncn2C1OC(COCc2ncsc2C(=O)O)C2O[C@H](C=Cc3ccccc3)OC21. The first-order chi connectivity index (χ1) is 20.5. The van der Waals surface area contributed by atoms with Crippen LogP contribution in [0.3, 0.4) is 0 Å². The van der Waals surface area contributed by atoms with Crippen LogP contribution in [0.15, 0.2) is 54.6 Å². The van der Waals surface area contributed by atoms with E-state index in [1.807, 2.05) is 49.4 Å². The van der Waals surface area contributed by atoms with E-state index in [-0.39, 0.29) is 23.9 Å². The number of carbonyl (C=O) groups is 2. The number of carbonyl (C=O) groups excluding carboxylic acids is 1. The Kier molecular flexibility index (Phi) is 8.16. The van der Waals surface area contributed by atoms with E-state index in [0.717, 1.165) is 16.9 Å². The normalized spacial score (nSPS) is 23.4. The molecular formula is C27H27N7O7S. The van der Waals surface area contributed by atoms with E-state index in [2.05, 4.69) is 30.6 Å². The molecule has 2 aliphatic rings.